The van der Waals surface area contributed by atoms with Crippen LogP contribution in [0.15, 0.2) is 4.34 Å². The van der Waals surface area contributed by atoms with Crippen molar-refractivity contribution in [3.63, 3.8) is 0 Å². The quantitative estimate of drug-likeness (QED) is 0.798. The Hall–Kier alpha value is -0.720. The van der Waals surface area contributed by atoms with Crippen LogP contribution in [0.4, 0.5) is 0 Å². The first-order valence-electron chi connectivity index (χ1n) is 5.36. The Morgan fingerprint density at radius 3 is 2.65 bits per heavy atom. The van der Waals surface area contributed by atoms with E-state index < -0.39 is 0 Å². The maximum absolute atomic E-state index is 5.09. The second kappa shape index (κ2) is 5.29. The number of nitrogens with zero attached hydrogens (tertiary/aromatic N) is 3. The van der Waals surface area contributed by atoms with Crippen LogP contribution in [0.5, 0.6) is 0 Å². The Bertz CT molecular complexity index is 525. The highest BCUT2D eigenvalue weighted by molar-refractivity contribution is 8.00. The van der Waals surface area contributed by atoms with Crippen LogP contribution in [-0.4, -0.2) is 28.3 Å². The van der Waals surface area contributed by atoms with Crippen LogP contribution in [0.3, 0.4) is 0 Å². The second-order valence-electron chi connectivity index (χ2n) is 3.95. The summed E-state index contributed by atoms with van der Waals surface area (Å²) in [5.74, 6) is 1.08. The van der Waals surface area contributed by atoms with E-state index in [0.717, 1.165) is 20.4 Å². The van der Waals surface area contributed by atoms with Crippen molar-refractivity contribution >= 4 is 33.4 Å². The molecule has 0 aromatic carbocycles. The van der Waals surface area contributed by atoms with E-state index in [-0.39, 0.29) is 0 Å². The van der Waals surface area contributed by atoms with Crippen molar-refractivity contribution in [3.05, 3.63) is 11.5 Å². The van der Waals surface area contributed by atoms with E-state index in [4.69, 9.17) is 4.74 Å². The number of thiazole rings is 1. The lowest BCUT2D eigenvalue weighted by molar-refractivity contribution is 0.178. The van der Waals surface area contributed by atoms with Gasteiger partial charge in [-0.2, -0.15) is 0 Å². The van der Waals surface area contributed by atoms with Crippen molar-refractivity contribution in [1.29, 1.82) is 0 Å². The molecule has 0 aliphatic heterocycles. The fourth-order valence-corrected chi connectivity index (χ4v) is 3.18. The Labute approximate surface area is 109 Å². The number of rotatable bonds is 4. The lowest BCUT2D eigenvalue weighted by Gasteiger charge is -2.07. The van der Waals surface area contributed by atoms with E-state index in [1.54, 1.807) is 30.2 Å². The molecule has 17 heavy (non-hydrogen) atoms. The minimum Gasteiger partial charge on any atom is -0.377 e. The van der Waals surface area contributed by atoms with Gasteiger partial charge in [-0.1, -0.05) is 25.6 Å². The van der Waals surface area contributed by atoms with E-state index >= 15 is 0 Å². The summed E-state index contributed by atoms with van der Waals surface area (Å²) in [6, 6.07) is 0. The Balaban J connectivity index is 2.60. The number of fused-ring (bicyclic) bond motifs is 1. The van der Waals surface area contributed by atoms with Gasteiger partial charge in [0.05, 0.1) is 10.4 Å². The summed E-state index contributed by atoms with van der Waals surface area (Å²) < 4.78 is 7.22. The van der Waals surface area contributed by atoms with Crippen molar-refractivity contribution in [3.8, 4) is 0 Å². The summed E-state index contributed by atoms with van der Waals surface area (Å²) in [5, 5.41) is 0. The molecule has 0 atom stereocenters. The number of aromatic nitrogens is 3. The molecule has 0 aliphatic rings. The molecule has 92 valence electrons. The Morgan fingerprint density at radius 1 is 1.29 bits per heavy atom. The summed E-state index contributed by atoms with van der Waals surface area (Å²) in [6.07, 6.45) is 2.02. The third-order valence-corrected chi connectivity index (χ3v) is 4.35. The molecular weight excluding hydrogens is 254 g/mol. The molecule has 2 aromatic heterocycles. The fraction of sp³-hybridized carbons (Fsp3) is 0.545. The van der Waals surface area contributed by atoms with Crippen LogP contribution in [0, 0.1) is 0 Å². The molecule has 2 aromatic rings. The molecule has 0 fully saturated rings. The summed E-state index contributed by atoms with van der Waals surface area (Å²) in [5.41, 5.74) is 1.87. The van der Waals surface area contributed by atoms with Crippen LogP contribution >= 0.6 is 23.1 Å². The van der Waals surface area contributed by atoms with Crippen molar-refractivity contribution in [2.75, 3.05) is 13.4 Å². The third-order valence-electron chi connectivity index (χ3n) is 2.30. The van der Waals surface area contributed by atoms with Crippen LogP contribution in [0.25, 0.3) is 10.3 Å². The van der Waals surface area contributed by atoms with Gasteiger partial charge in [0, 0.05) is 7.11 Å². The summed E-state index contributed by atoms with van der Waals surface area (Å²) in [7, 11) is 1.65. The molecule has 6 heteroatoms. The Morgan fingerprint density at radius 2 is 2.06 bits per heavy atom. The molecule has 0 amide bonds. The summed E-state index contributed by atoms with van der Waals surface area (Å²) >= 11 is 3.31. The minimum atomic E-state index is 0.367. The average Bonchev–Trinajstić information content (AvgIpc) is 2.71. The number of hydrogen-bond acceptors (Lipinski definition) is 6. The lowest BCUT2D eigenvalue weighted by atomic mass is 10.1. The molecule has 2 heterocycles. The van der Waals surface area contributed by atoms with Gasteiger partial charge in [-0.05, 0) is 12.2 Å². The van der Waals surface area contributed by atoms with Crippen molar-refractivity contribution in [1.82, 2.24) is 15.0 Å². The SMILES string of the molecule is COCc1nc(C(C)C)c2sc(SC)nc2n1. The van der Waals surface area contributed by atoms with Gasteiger partial charge in [0.2, 0.25) is 0 Å². The summed E-state index contributed by atoms with van der Waals surface area (Å²) in [6.45, 7) is 4.70. The van der Waals surface area contributed by atoms with Crippen molar-refractivity contribution < 1.29 is 4.74 Å². The number of hydrogen-bond donors (Lipinski definition) is 0. The van der Waals surface area contributed by atoms with Crippen LogP contribution < -0.4 is 0 Å². The number of methoxy groups -OCH3 is 1. The molecule has 0 aliphatic carbocycles. The van der Waals surface area contributed by atoms with Gasteiger partial charge >= 0.3 is 0 Å². The zero-order valence-electron chi connectivity index (χ0n) is 10.4. The maximum Gasteiger partial charge on any atom is 0.175 e. The van der Waals surface area contributed by atoms with Crippen LogP contribution in [0.1, 0.15) is 31.3 Å². The zero-order chi connectivity index (χ0) is 12.4. The first-order valence-corrected chi connectivity index (χ1v) is 7.40. The van der Waals surface area contributed by atoms with Gasteiger partial charge in [-0.25, -0.2) is 15.0 Å². The predicted molar refractivity (Wildman–Crippen MR) is 71.8 cm³/mol. The molecule has 0 saturated heterocycles. The molecule has 2 rings (SSSR count). The lowest BCUT2D eigenvalue weighted by Crippen LogP contribution is -2.02. The second-order valence-corrected chi connectivity index (χ2v) is 6.00. The van der Waals surface area contributed by atoms with Gasteiger partial charge in [0.15, 0.2) is 15.8 Å². The molecular formula is C11H15N3OS2. The molecule has 0 saturated carbocycles. The average molecular weight is 269 g/mol. The topological polar surface area (TPSA) is 47.9 Å². The molecule has 0 unspecified atom stereocenters. The van der Waals surface area contributed by atoms with Crippen LogP contribution in [-0.2, 0) is 11.3 Å². The molecule has 0 radical (unpaired) electrons. The first-order chi connectivity index (χ1) is 8.15. The van der Waals surface area contributed by atoms with E-state index in [2.05, 4.69) is 28.8 Å². The highest BCUT2D eigenvalue weighted by atomic mass is 32.2. The van der Waals surface area contributed by atoms with E-state index in [9.17, 15) is 0 Å². The first kappa shape index (κ1) is 12.7. The van der Waals surface area contributed by atoms with Crippen LogP contribution in [0.2, 0.25) is 0 Å². The summed E-state index contributed by atoms with van der Waals surface area (Å²) in [4.78, 5) is 13.5. The van der Waals surface area contributed by atoms with Crippen molar-refractivity contribution in [2.45, 2.75) is 30.7 Å². The largest absolute Gasteiger partial charge is 0.377 e. The van der Waals surface area contributed by atoms with E-state index in [1.807, 2.05) is 6.26 Å². The maximum atomic E-state index is 5.09. The highest BCUT2D eigenvalue weighted by Gasteiger charge is 2.15. The Kier molecular flexibility index (Phi) is 3.96. The van der Waals surface area contributed by atoms with Gasteiger partial charge in [-0.3, -0.25) is 0 Å². The van der Waals surface area contributed by atoms with Crippen molar-refractivity contribution in [2.24, 2.45) is 0 Å². The van der Waals surface area contributed by atoms with E-state index in [0.29, 0.717) is 18.3 Å². The van der Waals surface area contributed by atoms with Gasteiger partial charge in [0.1, 0.15) is 6.61 Å². The van der Waals surface area contributed by atoms with E-state index in [1.165, 1.54) is 0 Å². The zero-order valence-corrected chi connectivity index (χ0v) is 12.0. The standard InChI is InChI=1S/C11H15N3OS2/c1-6(2)8-9-10(14-11(16-4)17-9)13-7(12-8)5-15-3/h6H,5H2,1-4H3. The number of thioether (sulfide) groups is 1. The fourth-order valence-electron chi connectivity index (χ4n) is 1.54. The predicted octanol–water partition coefficient (Wildman–Crippen LogP) is 3.08. The number of ether oxygens (including phenoxy) is 1. The highest BCUT2D eigenvalue weighted by Crippen LogP contribution is 2.32. The molecule has 0 spiro atoms. The monoisotopic (exact) mass is 269 g/mol. The third kappa shape index (κ3) is 2.59. The van der Waals surface area contributed by atoms with Gasteiger partial charge in [0.25, 0.3) is 0 Å². The normalized spacial score (nSPS) is 11.6. The smallest absolute Gasteiger partial charge is 0.175 e. The molecule has 0 bridgehead atoms. The molecule has 4 nitrogen and oxygen atoms in total. The van der Waals surface area contributed by atoms with Gasteiger partial charge in [-0.15, -0.1) is 11.3 Å². The minimum absolute atomic E-state index is 0.367. The molecule has 0 N–H and O–H groups in total. The van der Waals surface area contributed by atoms with Gasteiger partial charge < -0.3 is 4.74 Å².